The van der Waals surface area contributed by atoms with E-state index in [0.29, 0.717) is 16.4 Å². The fourth-order valence-corrected chi connectivity index (χ4v) is 5.97. The van der Waals surface area contributed by atoms with Crippen molar-refractivity contribution in [2.45, 2.75) is 16.7 Å². The molecule has 0 saturated heterocycles. The van der Waals surface area contributed by atoms with Crippen LogP contribution >= 0.6 is 23.2 Å². The molecule has 0 aliphatic rings. The highest BCUT2D eigenvalue weighted by atomic mass is 35.5. The maximum absolute atomic E-state index is 12.7. The molecule has 12 heteroatoms. The van der Waals surface area contributed by atoms with E-state index in [-0.39, 0.29) is 26.1 Å². The van der Waals surface area contributed by atoms with Gasteiger partial charge in [0.15, 0.2) is 0 Å². The number of hydrogen-bond acceptors (Lipinski definition) is 5. The van der Waals surface area contributed by atoms with Gasteiger partial charge in [0.2, 0.25) is 0 Å². The van der Waals surface area contributed by atoms with Crippen molar-refractivity contribution < 1.29 is 21.6 Å². The number of carbonyl (C=O) groups excluding carboxylic acids is 1. The molecule has 0 radical (unpaired) electrons. The molecule has 0 spiro atoms. The Morgan fingerprint density at radius 2 is 1.18 bits per heavy atom. The van der Waals surface area contributed by atoms with Gasteiger partial charge in [-0.05, 0) is 85.8 Å². The Morgan fingerprint density at radius 1 is 0.658 bits per heavy atom. The van der Waals surface area contributed by atoms with E-state index in [1.807, 2.05) is 6.92 Å². The molecule has 4 aromatic rings. The van der Waals surface area contributed by atoms with Gasteiger partial charge < -0.3 is 5.32 Å². The van der Waals surface area contributed by atoms with Crippen molar-refractivity contribution in [3.05, 3.63) is 112 Å². The van der Waals surface area contributed by atoms with Gasteiger partial charge in [0.25, 0.3) is 26.0 Å². The summed E-state index contributed by atoms with van der Waals surface area (Å²) in [5.74, 6) is -0.459. The molecular formula is C26H21Cl2N3O5S2. The Morgan fingerprint density at radius 3 is 1.76 bits per heavy atom. The van der Waals surface area contributed by atoms with Gasteiger partial charge in [-0.1, -0.05) is 40.9 Å². The fraction of sp³-hybridized carbons (Fsp3) is 0.0385. The SMILES string of the molecule is Cc1ccc(S(=O)(=O)Nc2ccc(C(=O)Nc3ccc(S(=O)(=O)Nc4ccc(Cl)cc4Cl)cc3)cc2)cc1. The predicted octanol–water partition coefficient (Wildman–Crippen LogP) is 6.16. The molecule has 0 bridgehead atoms. The van der Waals surface area contributed by atoms with Crippen LogP contribution < -0.4 is 14.8 Å². The molecule has 4 rings (SSSR count). The molecular weight excluding hydrogens is 569 g/mol. The Kier molecular flexibility index (Phi) is 7.98. The Balaban J connectivity index is 1.40. The van der Waals surface area contributed by atoms with E-state index in [9.17, 15) is 21.6 Å². The average molecular weight is 591 g/mol. The van der Waals surface area contributed by atoms with E-state index >= 15 is 0 Å². The van der Waals surface area contributed by atoms with Crippen LogP contribution in [0.3, 0.4) is 0 Å². The second kappa shape index (κ2) is 11.0. The number of anilines is 3. The van der Waals surface area contributed by atoms with Crippen LogP contribution in [0.1, 0.15) is 15.9 Å². The van der Waals surface area contributed by atoms with Crippen LogP contribution in [0.4, 0.5) is 17.1 Å². The number of benzene rings is 4. The summed E-state index contributed by atoms with van der Waals surface area (Å²) in [5.41, 5.74) is 2.06. The first-order chi connectivity index (χ1) is 17.9. The lowest BCUT2D eigenvalue weighted by Crippen LogP contribution is -2.15. The second-order valence-electron chi connectivity index (χ2n) is 8.20. The fourth-order valence-electron chi connectivity index (χ4n) is 3.32. The number of rotatable bonds is 8. The van der Waals surface area contributed by atoms with E-state index in [0.717, 1.165) is 5.56 Å². The van der Waals surface area contributed by atoms with Crippen LogP contribution in [0.5, 0.6) is 0 Å². The standard InChI is InChI=1S/C26H21Cl2N3O5S2/c1-17-2-11-22(12-3-17)37(33,34)30-21-7-4-18(5-8-21)26(32)29-20-9-13-23(14-10-20)38(35,36)31-25-15-6-19(27)16-24(25)28/h2-16,30-31H,1H3,(H,29,32). The highest BCUT2D eigenvalue weighted by Crippen LogP contribution is 2.28. The summed E-state index contributed by atoms with van der Waals surface area (Å²) in [6.45, 7) is 1.86. The first-order valence-corrected chi connectivity index (χ1v) is 14.7. The van der Waals surface area contributed by atoms with Crippen LogP contribution in [0, 0.1) is 6.92 Å². The number of nitrogens with one attached hydrogen (secondary N) is 3. The number of carbonyl (C=O) groups is 1. The smallest absolute Gasteiger partial charge is 0.261 e. The average Bonchev–Trinajstić information content (AvgIpc) is 2.86. The first-order valence-electron chi connectivity index (χ1n) is 11.0. The third-order valence-electron chi connectivity index (χ3n) is 5.33. The molecule has 0 atom stereocenters. The van der Waals surface area contributed by atoms with Crippen molar-refractivity contribution in [2.24, 2.45) is 0 Å². The zero-order valence-electron chi connectivity index (χ0n) is 19.8. The van der Waals surface area contributed by atoms with Gasteiger partial charge in [-0.3, -0.25) is 14.2 Å². The Hall–Kier alpha value is -3.57. The minimum atomic E-state index is -3.93. The van der Waals surface area contributed by atoms with Gasteiger partial charge in [-0.2, -0.15) is 0 Å². The number of sulfonamides is 2. The molecule has 0 fully saturated rings. The summed E-state index contributed by atoms with van der Waals surface area (Å²) in [6.07, 6.45) is 0. The molecule has 1 amide bonds. The van der Waals surface area contributed by atoms with Gasteiger partial charge in [0.1, 0.15) is 0 Å². The molecule has 3 N–H and O–H groups in total. The van der Waals surface area contributed by atoms with E-state index in [1.54, 1.807) is 12.1 Å². The van der Waals surface area contributed by atoms with E-state index in [2.05, 4.69) is 14.8 Å². The molecule has 8 nitrogen and oxygen atoms in total. The normalized spacial score (nSPS) is 11.6. The van der Waals surface area contributed by atoms with E-state index < -0.39 is 26.0 Å². The maximum atomic E-state index is 12.7. The predicted molar refractivity (Wildman–Crippen MR) is 150 cm³/mol. The molecule has 0 aliphatic heterocycles. The first kappa shape index (κ1) is 27.5. The van der Waals surface area contributed by atoms with Crippen LogP contribution in [0.2, 0.25) is 10.0 Å². The Bertz CT molecular complexity index is 1690. The van der Waals surface area contributed by atoms with Crippen molar-refractivity contribution in [1.29, 1.82) is 0 Å². The van der Waals surface area contributed by atoms with Crippen molar-refractivity contribution in [2.75, 3.05) is 14.8 Å². The minimum absolute atomic E-state index is 0.0354. The van der Waals surface area contributed by atoms with Gasteiger partial charge in [0.05, 0.1) is 20.5 Å². The zero-order chi connectivity index (χ0) is 27.5. The van der Waals surface area contributed by atoms with Gasteiger partial charge in [-0.15, -0.1) is 0 Å². The summed E-state index contributed by atoms with van der Waals surface area (Å²) in [7, 11) is -7.70. The Labute approximate surface area is 230 Å². The largest absolute Gasteiger partial charge is 0.322 e. The van der Waals surface area contributed by atoms with Crippen molar-refractivity contribution in [3.63, 3.8) is 0 Å². The summed E-state index contributed by atoms with van der Waals surface area (Å²) in [4.78, 5) is 12.7. The second-order valence-corrected chi connectivity index (χ2v) is 12.4. The monoisotopic (exact) mass is 589 g/mol. The molecule has 0 aliphatic carbocycles. The molecule has 0 saturated carbocycles. The highest BCUT2D eigenvalue weighted by Gasteiger charge is 2.17. The van der Waals surface area contributed by atoms with E-state index in [1.165, 1.54) is 78.9 Å². The van der Waals surface area contributed by atoms with Crippen molar-refractivity contribution in [1.82, 2.24) is 0 Å². The van der Waals surface area contributed by atoms with Gasteiger partial charge >= 0.3 is 0 Å². The third-order valence-corrected chi connectivity index (χ3v) is 8.65. The quantitative estimate of drug-likeness (QED) is 0.227. The summed E-state index contributed by atoms with van der Waals surface area (Å²) < 4.78 is 55.4. The van der Waals surface area contributed by atoms with Crippen LogP contribution in [0.15, 0.2) is 101 Å². The lowest BCUT2D eigenvalue weighted by Gasteiger charge is -2.11. The number of halogens is 2. The maximum Gasteiger partial charge on any atom is 0.261 e. The molecule has 0 heterocycles. The zero-order valence-corrected chi connectivity index (χ0v) is 22.9. The lowest BCUT2D eigenvalue weighted by molar-refractivity contribution is 0.102. The molecule has 38 heavy (non-hydrogen) atoms. The number of hydrogen-bond donors (Lipinski definition) is 3. The van der Waals surface area contributed by atoms with Crippen molar-refractivity contribution >= 4 is 66.2 Å². The number of amides is 1. The summed E-state index contributed by atoms with van der Waals surface area (Å²) in [5, 5.41) is 3.20. The van der Waals surface area contributed by atoms with Gasteiger partial charge in [-0.25, -0.2) is 16.8 Å². The lowest BCUT2D eigenvalue weighted by atomic mass is 10.2. The van der Waals surface area contributed by atoms with Crippen molar-refractivity contribution in [3.8, 4) is 0 Å². The minimum Gasteiger partial charge on any atom is -0.322 e. The van der Waals surface area contributed by atoms with Crippen LogP contribution in [0.25, 0.3) is 0 Å². The summed E-state index contributed by atoms with van der Waals surface area (Å²) >= 11 is 11.9. The van der Waals surface area contributed by atoms with Gasteiger partial charge in [0, 0.05) is 22.0 Å². The molecule has 0 unspecified atom stereocenters. The molecule has 196 valence electrons. The highest BCUT2D eigenvalue weighted by molar-refractivity contribution is 7.93. The van der Waals surface area contributed by atoms with Crippen LogP contribution in [-0.4, -0.2) is 22.7 Å². The molecule has 4 aromatic carbocycles. The summed E-state index contributed by atoms with van der Waals surface area (Å²) in [6, 6.07) is 22.3. The van der Waals surface area contributed by atoms with E-state index in [4.69, 9.17) is 23.2 Å². The molecule has 0 aromatic heterocycles. The number of aryl methyl sites for hydroxylation is 1. The topological polar surface area (TPSA) is 121 Å². The van der Waals surface area contributed by atoms with Crippen LogP contribution in [-0.2, 0) is 20.0 Å². The third kappa shape index (κ3) is 6.65.